The van der Waals surface area contributed by atoms with Crippen molar-refractivity contribution in [3.05, 3.63) is 68.6 Å². The van der Waals surface area contributed by atoms with Crippen LogP contribution >= 0.6 is 46.1 Å². The van der Waals surface area contributed by atoms with Crippen molar-refractivity contribution in [1.29, 1.82) is 0 Å². The number of hydrogen-bond acceptors (Lipinski definition) is 5. The number of benzene rings is 1. The second-order valence-corrected chi connectivity index (χ2v) is 9.22. The predicted molar refractivity (Wildman–Crippen MR) is 124 cm³/mol. The highest BCUT2D eigenvalue weighted by molar-refractivity contribution is 7.18. The Morgan fingerprint density at radius 1 is 1.20 bits per heavy atom. The molecule has 0 saturated carbocycles. The van der Waals surface area contributed by atoms with Gasteiger partial charge in [-0.05, 0) is 36.8 Å². The highest BCUT2D eigenvalue weighted by Crippen LogP contribution is 2.31. The summed E-state index contributed by atoms with van der Waals surface area (Å²) in [5.41, 5.74) is 0.466. The van der Waals surface area contributed by atoms with Crippen LogP contribution in [0.15, 0.2) is 48.8 Å². The number of rotatable bonds is 9. The van der Waals surface area contributed by atoms with E-state index in [1.165, 1.54) is 11.3 Å². The second kappa shape index (κ2) is 11.1. The van der Waals surface area contributed by atoms with Crippen LogP contribution in [0.25, 0.3) is 0 Å². The molecule has 0 radical (unpaired) electrons. The first kappa shape index (κ1) is 23.0. The molecule has 3 rings (SSSR count). The normalized spacial score (nSPS) is 15.1. The van der Waals surface area contributed by atoms with E-state index in [0.29, 0.717) is 33.9 Å². The maximum absolute atomic E-state index is 12.5. The molecule has 0 N–H and O–H groups in total. The average molecular weight is 484 g/mol. The first-order valence-corrected chi connectivity index (χ1v) is 11.4. The standard InChI is InChI=1S/C22H21Cl3N2O2S/c1-2-3-4-13-29-21(16-5-7-17(23)8-6-16)22(25)27-12-11-26(15-27)14-18(28)19-9-10-20(24)30-19/h5-12,21-22H,4,13-15H2,1H3. The molecular weight excluding hydrogens is 463 g/mol. The molecule has 2 unspecified atom stereocenters. The molecule has 2 heterocycles. The molecule has 1 aliphatic heterocycles. The maximum Gasteiger partial charge on any atom is 0.192 e. The van der Waals surface area contributed by atoms with Crippen LogP contribution in [0.1, 0.15) is 34.7 Å². The molecule has 0 fully saturated rings. The molecule has 1 aromatic carbocycles. The highest BCUT2D eigenvalue weighted by Gasteiger charge is 2.30. The van der Waals surface area contributed by atoms with E-state index in [1.807, 2.05) is 46.5 Å². The van der Waals surface area contributed by atoms with Gasteiger partial charge >= 0.3 is 0 Å². The summed E-state index contributed by atoms with van der Waals surface area (Å²) in [5.74, 6) is 5.88. The lowest BCUT2D eigenvalue weighted by Crippen LogP contribution is -2.37. The highest BCUT2D eigenvalue weighted by atomic mass is 35.5. The van der Waals surface area contributed by atoms with Gasteiger partial charge < -0.3 is 14.5 Å². The Morgan fingerprint density at radius 3 is 2.63 bits per heavy atom. The molecule has 8 heteroatoms. The molecule has 0 saturated heterocycles. The summed E-state index contributed by atoms with van der Waals surface area (Å²) < 4.78 is 6.69. The van der Waals surface area contributed by atoms with Gasteiger partial charge in [0.1, 0.15) is 11.6 Å². The number of halogens is 3. The summed E-state index contributed by atoms with van der Waals surface area (Å²) in [6.45, 7) is 3.01. The Labute approximate surface area is 196 Å². The Kier molecular flexibility index (Phi) is 8.50. The van der Waals surface area contributed by atoms with Gasteiger partial charge in [0.2, 0.25) is 0 Å². The second-order valence-electron chi connectivity index (χ2n) is 6.62. The zero-order chi connectivity index (χ0) is 21.5. The van der Waals surface area contributed by atoms with Gasteiger partial charge in [0.15, 0.2) is 5.78 Å². The van der Waals surface area contributed by atoms with Gasteiger partial charge in [-0.2, -0.15) is 0 Å². The number of carbonyl (C=O) groups is 1. The molecular formula is C22H21Cl3N2O2S. The van der Waals surface area contributed by atoms with E-state index in [1.54, 1.807) is 19.1 Å². The Hall–Kier alpha value is -1.68. The van der Waals surface area contributed by atoms with Crippen LogP contribution in [0.5, 0.6) is 0 Å². The van der Waals surface area contributed by atoms with E-state index in [2.05, 4.69) is 11.8 Å². The number of alkyl halides is 1. The van der Waals surface area contributed by atoms with Crippen LogP contribution in [0.2, 0.25) is 9.36 Å². The molecule has 0 bridgehead atoms. The smallest absolute Gasteiger partial charge is 0.192 e. The van der Waals surface area contributed by atoms with Crippen molar-refractivity contribution in [1.82, 2.24) is 9.80 Å². The SMILES string of the molecule is CC#CCCOC(c1ccc(Cl)cc1)C(Cl)N1C=CN(CC(=O)c2ccc(Cl)s2)C1. The fourth-order valence-electron chi connectivity index (χ4n) is 3.00. The fraction of sp³-hybridized carbons (Fsp3) is 0.318. The molecule has 30 heavy (non-hydrogen) atoms. The number of ether oxygens (including phenoxy) is 1. The predicted octanol–water partition coefficient (Wildman–Crippen LogP) is 6.02. The molecule has 2 aromatic rings. The third kappa shape index (κ3) is 6.16. The molecule has 1 aliphatic rings. The van der Waals surface area contributed by atoms with Crippen LogP contribution in [-0.4, -0.2) is 40.9 Å². The third-order valence-corrected chi connectivity index (χ3v) is 6.48. The molecule has 0 spiro atoms. The number of nitrogens with zero attached hydrogens (tertiary/aromatic N) is 2. The number of hydrogen-bond donors (Lipinski definition) is 0. The Balaban J connectivity index is 1.64. The van der Waals surface area contributed by atoms with Crippen molar-refractivity contribution in [2.75, 3.05) is 19.8 Å². The minimum Gasteiger partial charge on any atom is -0.369 e. The number of Topliss-reactive ketones (excluding diaryl/α,β-unsaturated/α-hetero) is 1. The topological polar surface area (TPSA) is 32.8 Å². The van der Waals surface area contributed by atoms with Crippen molar-refractivity contribution >= 4 is 51.9 Å². The summed E-state index contributed by atoms with van der Waals surface area (Å²) in [5, 5.41) is 0.653. The van der Waals surface area contributed by atoms with Crippen LogP contribution in [0, 0.1) is 11.8 Å². The zero-order valence-electron chi connectivity index (χ0n) is 16.4. The quantitative estimate of drug-likeness (QED) is 0.143. The third-order valence-electron chi connectivity index (χ3n) is 4.48. The van der Waals surface area contributed by atoms with Crippen molar-refractivity contribution in [3.8, 4) is 11.8 Å². The number of thiophene rings is 1. The largest absolute Gasteiger partial charge is 0.369 e. The molecule has 1 aromatic heterocycles. The van der Waals surface area contributed by atoms with Gasteiger partial charge in [-0.1, -0.05) is 46.9 Å². The van der Waals surface area contributed by atoms with Crippen LogP contribution in [-0.2, 0) is 4.74 Å². The summed E-state index contributed by atoms with van der Waals surface area (Å²) >= 11 is 20.1. The molecule has 0 aliphatic carbocycles. The summed E-state index contributed by atoms with van der Waals surface area (Å²) in [4.78, 5) is 17.0. The van der Waals surface area contributed by atoms with E-state index in [-0.39, 0.29) is 18.4 Å². The zero-order valence-corrected chi connectivity index (χ0v) is 19.4. The average Bonchev–Trinajstić information content (AvgIpc) is 3.38. The van der Waals surface area contributed by atoms with Gasteiger partial charge in [0, 0.05) is 23.8 Å². The molecule has 2 atom stereocenters. The van der Waals surface area contributed by atoms with Gasteiger partial charge in [-0.15, -0.1) is 23.2 Å². The Morgan fingerprint density at radius 2 is 1.97 bits per heavy atom. The van der Waals surface area contributed by atoms with Crippen LogP contribution < -0.4 is 0 Å². The first-order chi connectivity index (χ1) is 14.5. The van der Waals surface area contributed by atoms with Crippen molar-refractivity contribution < 1.29 is 9.53 Å². The van der Waals surface area contributed by atoms with E-state index in [9.17, 15) is 4.79 Å². The molecule has 158 valence electrons. The van der Waals surface area contributed by atoms with E-state index in [0.717, 1.165) is 5.56 Å². The molecule has 4 nitrogen and oxygen atoms in total. The van der Waals surface area contributed by atoms with Crippen molar-refractivity contribution in [2.45, 2.75) is 24.9 Å². The minimum absolute atomic E-state index is 0.0214. The van der Waals surface area contributed by atoms with Gasteiger partial charge in [-0.25, -0.2) is 0 Å². The maximum atomic E-state index is 12.5. The first-order valence-electron chi connectivity index (χ1n) is 9.35. The van der Waals surface area contributed by atoms with E-state index in [4.69, 9.17) is 39.5 Å². The van der Waals surface area contributed by atoms with Crippen molar-refractivity contribution in [2.24, 2.45) is 0 Å². The Bertz CT molecular complexity index is 949. The number of ketones is 1. The number of carbonyl (C=O) groups excluding carboxylic acids is 1. The summed E-state index contributed by atoms with van der Waals surface area (Å²) in [7, 11) is 0. The van der Waals surface area contributed by atoms with Crippen LogP contribution in [0.4, 0.5) is 0 Å². The summed E-state index contributed by atoms with van der Waals surface area (Å²) in [6, 6.07) is 10.9. The lowest BCUT2D eigenvalue weighted by Gasteiger charge is -2.31. The molecule has 0 amide bonds. The minimum atomic E-state index is -0.465. The van der Waals surface area contributed by atoms with E-state index < -0.39 is 5.50 Å². The van der Waals surface area contributed by atoms with Gasteiger partial charge in [0.25, 0.3) is 0 Å². The van der Waals surface area contributed by atoms with Crippen molar-refractivity contribution in [3.63, 3.8) is 0 Å². The van der Waals surface area contributed by atoms with Gasteiger partial charge in [-0.3, -0.25) is 4.79 Å². The van der Waals surface area contributed by atoms with Crippen LogP contribution in [0.3, 0.4) is 0 Å². The summed E-state index contributed by atoms with van der Waals surface area (Å²) in [6.07, 6.45) is 4.00. The van der Waals surface area contributed by atoms with E-state index >= 15 is 0 Å². The lowest BCUT2D eigenvalue weighted by molar-refractivity contribution is 0.0209. The lowest BCUT2D eigenvalue weighted by atomic mass is 10.1. The fourth-order valence-corrected chi connectivity index (χ4v) is 4.44. The van der Waals surface area contributed by atoms with Gasteiger partial charge in [0.05, 0.1) is 29.0 Å². The monoisotopic (exact) mass is 482 g/mol.